The molecule has 0 aliphatic heterocycles. The molecule has 2 rings (SSSR count). The number of hydrogen-bond acceptors (Lipinski definition) is 4. The van der Waals surface area contributed by atoms with Crippen LogP contribution in [0.2, 0.25) is 0 Å². The molecule has 5 heteroatoms. The molecule has 1 aromatic heterocycles. The van der Waals surface area contributed by atoms with Gasteiger partial charge in [0.25, 0.3) is 5.56 Å². The zero-order valence-corrected chi connectivity index (χ0v) is 14.8. The van der Waals surface area contributed by atoms with Gasteiger partial charge in [-0.25, -0.2) is 0 Å². The number of phenols is 1. The Morgan fingerprint density at radius 2 is 1.79 bits per heavy atom. The average molecular weight is 333 g/mol. The Labute approximate surface area is 142 Å². The number of fused-ring (bicyclic) bond motifs is 1. The standard InChI is InChI=1S/C19H27NO4/c1-4-5-6-7-8-9-12-24-18-17(23-3)15-11-10-14(21)13-16(15)20(2)19(18)22/h10-11,13,21H,4-9,12H2,1-3H3. The molecule has 0 spiro atoms. The van der Waals surface area contributed by atoms with Gasteiger partial charge < -0.3 is 19.1 Å². The van der Waals surface area contributed by atoms with Gasteiger partial charge in [-0.15, -0.1) is 0 Å². The van der Waals surface area contributed by atoms with E-state index in [0.29, 0.717) is 17.9 Å². The highest BCUT2D eigenvalue weighted by Gasteiger charge is 2.17. The van der Waals surface area contributed by atoms with Crippen LogP contribution in [-0.4, -0.2) is 23.4 Å². The second-order valence-corrected chi connectivity index (χ2v) is 6.04. The van der Waals surface area contributed by atoms with E-state index < -0.39 is 0 Å². The van der Waals surface area contributed by atoms with E-state index in [1.165, 1.54) is 37.4 Å². The van der Waals surface area contributed by atoms with Crippen LogP contribution >= 0.6 is 0 Å². The lowest BCUT2D eigenvalue weighted by Gasteiger charge is -2.15. The second-order valence-electron chi connectivity index (χ2n) is 6.04. The van der Waals surface area contributed by atoms with E-state index in [9.17, 15) is 9.90 Å². The van der Waals surface area contributed by atoms with Gasteiger partial charge in [-0.3, -0.25) is 4.79 Å². The number of unbranched alkanes of at least 4 members (excludes halogenated alkanes) is 5. The smallest absolute Gasteiger partial charge is 0.297 e. The fourth-order valence-corrected chi connectivity index (χ4v) is 2.86. The summed E-state index contributed by atoms with van der Waals surface area (Å²) >= 11 is 0. The van der Waals surface area contributed by atoms with Gasteiger partial charge >= 0.3 is 0 Å². The Kier molecular flexibility index (Phi) is 6.53. The van der Waals surface area contributed by atoms with Gasteiger partial charge in [-0.05, 0) is 18.6 Å². The Morgan fingerprint density at radius 3 is 2.50 bits per heavy atom. The number of aromatic hydroxyl groups is 1. The highest BCUT2D eigenvalue weighted by atomic mass is 16.5. The zero-order valence-electron chi connectivity index (χ0n) is 14.8. The zero-order chi connectivity index (χ0) is 17.5. The average Bonchev–Trinajstić information content (AvgIpc) is 2.58. The molecular weight excluding hydrogens is 306 g/mol. The van der Waals surface area contributed by atoms with E-state index in [4.69, 9.17) is 9.47 Å². The lowest BCUT2D eigenvalue weighted by Crippen LogP contribution is -2.21. The Bertz CT molecular complexity index is 736. The fraction of sp³-hybridized carbons (Fsp3) is 0.526. The number of aryl methyl sites for hydroxylation is 1. The van der Waals surface area contributed by atoms with E-state index in [-0.39, 0.29) is 17.1 Å². The topological polar surface area (TPSA) is 60.7 Å². The normalized spacial score (nSPS) is 11.0. The molecular formula is C19H27NO4. The number of ether oxygens (including phenoxy) is 2. The van der Waals surface area contributed by atoms with E-state index in [1.54, 1.807) is 25.2 Å². The summed E-state index contributed by atoms with van der Waals surface area (Å²) in [6.45, 7) is 2.70. The summed E-state index contributed by atoms with van der Waals surface area (Å²) < 4.78 is 12.7. The summed E-state index contributed by atoms with van der Waals surface area (Å²) in [5.41, 5.74) is 0.361. The van der Waals surface area contributed by atoms with Gasteiger partial charge in [-0.2, -0.15) is 0 Å². The fourth-order valence-electron chi connectivity index (χ4n) is 2.86. The van der Waals surface area contributed by atoms with Crippen LogP contribution in [0, 0.1) is 0 Å². The van der Waals surface area contributed by atoms with Crippen LogP contribution in [0.15, 0.2) is 23.0 Å². The van der Waals surface area contributed by atoms with Crippen LogP contribution in [0.3, 0.4) is 0 Å². The Hall–Kier alpha value is -2.17. The predicted molar refractivity (Wildman–Crippen MR) is 96.3 cm³/mol. The predicted octanol–water partition coefficient (Wildman–Crippen LogP) is 3.99. The molecule has 1 heterocycles. The Morgan fingerprint density at radius 1 is 1.08 bits per heavy atom. The van der Waals surface area contributed by atoms with Gasteiger partial charge in [-0.1, -0.05) is 39.0 Å². The van der Waals surface area contributed by atoms with Crippen molar-refractivity contribution in [3.63, 3.8) is 0 Å². The lowest BCUT2D eigenvalue weighted by molar-refractivity contribution is 0.280. The van der Waals surface area contributed by atoms with Crippen molar-refractivity contribution in [3.05, 3.63) is 28.6 Å². The summed E-state index contributed by atoms with van der Waals surface area (Å²) in [6.07, 6.45) is 6.97. The van der Waals surface area contributed by atoms with Crippen molar-refractivity contribution < 1.29 is 14.6 Å². The van der Waals surface area contributed by atoms with Crippen molar-refractivity contribution in [3.8, 4) is 17.2 Å². The molecule has 0 aliphatic carbocycles. The molecule has 1 N–H and O–H groups in total. The Balaban J connectivity index is 2.16. The molecule has 0 radical (unpaired) electrons. The number of pyridine rings is 1. The van der Waals surface area contributed by atoms with Crippen LogP contribution in [0.4, 0.5) is 0 Å². The van der Waals surface area contributed by atoms with Crippen LogP contribution in [0.1, 0.15) is 45.4 Å². The third-order valence-corrected chi connectivity index (χ3v) is 4.24. The third-order valence-electron chi connectivity index (χ3n) is 4.24. The minimum atomic E-state index is -0.254. The third kappa shape index (κ3) is 4.02. The molecule has 0 amide bonds. The van der Waals surface area contributed by atoms with Crippen molar-refractivity contribution in [1.82, 2.24) is 4.57 Å². The first kappa shape index (κ1) is 18.2. The number of nitrogens with zero attached hydrogens (tertiary/aromatic N) is 1. The van der Waals surface area contributed by atoms with Crippen LogP contribution in [-0.2, 0) is 7.05 Å². The minimum absolute atomic E-state index is 0.111. The molecule has 132 valence electrons. The molecule has 0 saturated heterocycles. The summed E-state index contributed by atoms with van der Waals surface area (Å²) in [4.78, 5) is 12.6. The van der Waals surface area contributed by atoms with Crippen LogP contribution in [0.25, 0.3) is 10.9 Å². The minimum Gasteiger partial charge on any atom is -0.508 e. The molecule has 2 aromatic rings. The quantitative estimate of drug-likeness (QED) is 0.705. The van der Waals surface area contributed by atoms with Crippen molar-refractivity contribution in [2.45, 2.75) is 45.4 Å². The first-order chi connectivity index (χ1) is 11.6. The first-order valence-corrected chi connectivity index (χ1v) is 8.62. The highest BCUT2D eigenvalue weighted by Crippen LogP contribution is 2.33. The van der Waals surface area contributed by atoms with Crippen LogP contribution < -0.4 is 15.0 Å². The molecule has 0 saturated carbocycles. The van der Waals surface area contributed by atoms with E-state index >= 15 is 0 Å². The SMILES string of the molecule is CCCCCCCCOc1c(OC)c2ccc(O)cc2n(C)c1=O. The summed E-state index contributed by atoms with van der Waals surface area (Å²) in [5.74, 6) is 0.783. The number of benzene rings is 1. The highest BCUT2D eigenvalue weighted by molar-refractivity contribution is 5.88. The number of phenolic OH excluding ortho intramolecular Hbond substituents is 1. The number of hydrogen-bond donors (Lipinski definition) is 1. The molecule has 0 unspecified atom stereocenters. The number of aromatic nitrogens is 1. The van der Waals surface area contributed by atoms with Crippen molar-refractivity contribution in [2.24, 2.45) is 7.05 Å². The van der Waals surface area contributed by atoms with Gasteiger partial charge in [0.2, 0.25) is 5.75 Å². The van der Waals surface area contributed by atoms with Crippen LogP contribution in [0.5, 0.6) is 17.2 Å². The molecule has 24 heavy (non-hydrogen) atoms. The monoisotopic (exact) mass is 333 g/mol. The number of methoxy groups -OCH3 is 1. The van der Waals surface area contributed by atoms with Gasteiger partial charge in [0.15, 0.2) is 5.75 Å². The van der Waals surface area contributed by atoms with Gasteiger partial charge in [0, 0.05) is 18.5 Å². The first-order valence-electron chi connectivity index (χ1n) is 8.62. The van der Waals surface area contributed by atoms with E-state index in [0.717, 1.165) is 18.2 Å². The molecule has 0 atom stereocenters. The number of rotatable bonds is 9. The largest absolute Gasteiger partial charge is 0.508 e. The lowest BCUT2D eigenvalue weighted by atomic mass is 10.1. The summed E-state index contributed by atoms with van der Waals surface area (Å²) in [7, 11) is 3.19. The van der Waals surface area contributed by atoms with Gasteiger partial charge in [0.1, 0.15) is 5.75 Å². The maximum absolute atomic E-state index is 12.6. The maximum atomic E-state index is 12.6. The second kappa shape index (κ2) is 8.62. The van der Waals surface area contributed by atoms with E-state index in [2.05, 4.69) is 6.92 Å². The molecule has 0 aliphatic rings. The molecule has 1 aromatic carbocycles. The summed E-state index contributed by atoms with van der Waals surface area (Å²) in [5, 5.41) is 10.4. The van der Waals surface area contributed by atoms with Crippen molar-refractivity contribution >= 4 is 10.9 Å². The molecule has 5 nitrogen and oxygen atoms in total. The summed E-state index contributed by atoms with van der Waals surface area (Å²) in [6, 6.07) is 4.87. The molecule has 0 fully saturated rings. The van der Waals surface area contributed by atoms with Crippen molar-refractivity contribution in [1.29, 1.82) is 0 Å². The molecule has 0 bridgehead atoms. The van der Waals surface area contributed by atoms with E-state index in [1.807, 2.05) is 0 Å². The maximum Gasteiger partial charge on any atom is 0.297 e. The van der Waals surface area contributed by atoms with Gasteiger partial charge in [0.05, 0.1) is 19.2 Å². The van der Waals surface area contributed by atoms with Crippen molar-refractivity contribution in [2.75, 3.05) is 13.7 Å².